The number of rotatable bonds is 0. The van der Waals surface area contributed by atoms with Gasteiger partial charge in [0, 0.05) is 0 Å². The predicted octanol–water partition coefficient (Wildman–Crippen LogP) is -0.247. The standard InChI is InChI=1S/C4H7NO2/c1-4(6)2-5-7-3-4/h2,6H,3H2,1H3. The molecule has 1 aliphatic heterocycles. The molecular weight excluding hydrogens is 94.0 g/mol. The summed E-state index contributed by atoms with van der Waals surface area (Å²) in [6, 6.07) is 0. The van der Waals surface area contributed by atoms with Crippen molar-refractivity contribution in [3.8, 4) is 0 Å². The van der Waals surface area contributed by atoms with Gasteiger partial charge >= 0.3 is 0 Å². The largest absolute Gasteiger partial charge is 0.392 e. The van der Waals surface area contributed by atoms with Gasteiger partial charge in [0.2, 0.25) is 0 Å². The Morgan fingerprint density at radius 2 is 2.71 bits per heavy atom. The maximum absolute atomic E-state index is 8.92. The molecule has 1 N–H and O–H groups in total. The molecule has 1 heterocycles. The third-order valence-corrected chi connectivity index (χ3v) is 0.762. The fourth-order valence-electron chi connectivity index (χ4n) is 0.356. The molecule has 0 aliphatic carbocycles. The highest BCUT2D eigenvalue weighted by Gasteiger charge is 2.22. The van der Waals surface area contributed by atoms with Crippen molar-refractivity contribution in [1.82, 2.24) is 0 Å². The highest BCUT2D eigenvalue weighted by atomic mass is 16.6. The summed E-state index contributed by atoms with van der Waals surface area (Å²) in [5.41, 5.74) is -0.819. The molecule has 3 heteroatoms. The Hall–Kier alpha value is -0.570. The van der Waals surface area contributed by atoms with Crippen LogP contribution >= 0.6 is 0 Å². The summed E-state index contributed by atoms with van der Waals surface area (Å²) in [7, 11) is 0. The van der Waals surface area contributed by atoms with Crippen LogP contribution in [0, 0.1) is 0 Å². The lowest BCUT2D eigenvalue weighted by Crippen LogP contribution is -2.26. The van der Waals surface area contributed by atoms with Crippen molar-refractivity contribution in [2.24, 2.45) is 5.16 Å². The minimum absolute atomic E-state index is 0.285. The first-order valence-electron chi connectivity index (χ1n) is 2.10. The Labute approximate surface area is 41.6 Å². The van der Waals surface area contributed by atoms with Crippen molar-refractivity contribution in [3.63, 3.8) is 0 Å². The molecule has 0 bridgehead atoms. The van der Waals surface area contributed by atoms with E-state index in [0.717, 1.165) is 0 Å². The topological polar surface area (TPSA) is 41.8 Å². The van der Waals surface area contributed by atoms with E-state index < -0.39 is 5.60 Å². The van der Waals surface area contributed by atoms with Crippen LogP contribution in [-0.4, -0.2) is 23.5 Å². The molecule has 3 nitrogen and oxygen atoms in total. The van der Waals surface area contributed by atoms with Crippen LogP contribution in [0.4, 0.5) is 0 Å². The van der Waals surface area contributed by atoms with Crippen LogP contribution in [0.15, 0.2) is 5.16 Å². The Balaban J connectivity index is 2.57. The van der Waals surface area contributed by atoms with E-state index in [1.54, 1.807) is 6.92 Å². The van der Waals surface area contributed by atoms with Gasteiger partial charge in [-0.3, -0.25) is 0 Å². The van der Waals surface area contributed by atoms with E-state index in [-0.39, 0.29) is 6.61 Å². The minimum Gasteiger partial charge on any atom is -0.392 e. The lowest BCUT2D eigenvalue weighted by molar-refractivity contribution is 0.0476. The van der Waals surface area contributed by atoms with Crippen LogP contribution in [0.3, 0.4) is 0 Å². The average molecular weight is 101 g/mol. The second kappa shape index (κ2) is 1.20. The van der Waals surface area contributed by atoms with Gasteiger partial charge in [0.05, 0.1) is 6.21 Å². The van der Waals surface area contributed by atoms with Crippen molar-refractivity contribution < 1.29 is 9.94 Å². The third-order valence-electron chi connectivity index (χ3n) is 0.762. The van der Waals surface area contributed by atoms with Crippen molar-refractivity contribution in [2.75, 3.05) is 6.61 Å². The molecule has 0 saturated heterocycles. The maximum Gasteiger partial charge on any atom is 0.150 e. The molecule has 0 aromatic heterocycles. The average Bonchev–Trinajstić information content (AvgIpc) is 1.84. The third kappa shape index (κ3) is 0.899. The van der Waals surface area contributed by atoms with Gasteiger partial charge in [-0.25, -0.2) is 0 Å². The number of hydrogen-bond donors (Lipinski definition) is 1. The molecule has 1 atom stereocenters. The highest BCUT2D eigenvalue weighted by Crippen LogP contribution is 2.05. The van der Waals surface area contributed by atoms with Gasteiger partial charge in [0.15, 0.2) is 6.61 Å². The van der Waals surface area contributed by atoms with E-state index in [2.05, 4.69) is 9.99 Å². The highest BCUT2D eigenvalue weighted by molar-refractivity contribution is 5.68. The molecule has 0 spiro atoms. The van der Waals surface area contributed by atoms with E-state index in [1.807, 2.05) is 0 Å². The summed E-state index contributed by atoms with van der Waals surface area (Å²) in [5.74, 6) is 0. The van der Waals surface area contributed by atoms with Crippen molar-refractivity contribution >= 4 is 6.21 Å². The molecule has 0 saturated carbocycles. The minimum atomic E-state index is -0.819. The van der Waals surface area contributed by atoms with E-state index in [0.29, 0.717) is 0 Å². The smallest absolute Gasteiger partial charge is 0.150 e. The molecule has 0 fully saturated rings. The van der Waals surface area contributed by atoms with Crippen LogP contribution in [-0.2, 0) is 4.84 Å². The van der Waals surface area contributed by atoms with Gasteiger partial charge in [-0.1, -0.05) is 5.16 Å². The fraction of sp³-hybridized carbons (Fsp3) is 0.750. The quantitative estimate of drug-likeness (QED) is 0.457. The van der Waals surface area contributed by atoms with Gasteiger partial charge in [0.1, 0.15) is 5.60 Å². The zero-order chi connectivity index (χ0) is 5.33. The first-order valence-corrected chi connectivity index (χ1v) is 2.10. The molecule has 40 valence electrons. The zero-order valence-corrected chi connectivity index (χ0v) is 4.09. The van der Waals surface area contributed by atoms with Gasteiger partial charge in [0.25, 0.3) is 0 Å². The van der Waals surface area contributed by atoms with E-state index in [1.165, 1.54) is 6.21 Å². The second-order valence-corrected chi connectivity index (χ2v) is 1.87. The molecule has 0 amide bonds. The summed E-state index contributed by atoms with van der Waals surface area (Å²) in [6.07, 6.45) is 1.38. The number of nitrogens with zero attached hydrogens (tertiary/aromatic N) is 1. The van der Waals surface area contributed by atoms with Gasteiger partial charge in [-0.05, 0) is 6.92 Å². The predicted molar refractivity (Wildman–Crippen MR) is 25.1 cm³/mol. The van der Waals surface area contributed by atoms with E-state index in [4.69, 9.17) is 5.11 Å². The van der Waals surface area contributed by atoms with Gasteiger partial charge in [-0.15, -0.1) is 0 Å². The molecule has 1 rings (SSSR count). The molecule has 0 aromatic carbocycles. The Morgan fingerprint density at radius 3 is 2.86 bits per heavy atom. The van der Waals surface area contributed by atoms with Crippen LogP contribution < -0.4 is 0 Å². The Bertz CT molecular complexity index is 97.9. The zero-order valence-electron chi connectivity index (χ0n) is 4.09. The van der Waals surface area contributed by atoms with E-state index >= 15 is 0 Å². The molecule has 0 aromatic rings. The molecule has 7 heavy (non-hydrogen) atoms. The normalized spacial score (nSPS) is 38.6. The van der Waals surface area contributed by atoms with Crippen LogP contribution in [0.5, 0.6) is 0 Å². The van der Waals surface area contributed by atoms with Crippen LogP contribution in [0.25, 0.3) is 0 Å². The number of hydrogen-bond acceptors (Lipinski definition) is 3. The first kappa shape index (κ1) is 4.59. The lowest BCUT2D eigenvalue weighted by Gasteiger charge is -2.05. The molecule has 1 unspecified atom stereocenters. The second-order valence-electron chi connectivity index (χ2n) is 1.87. The van der Waals surface area contributed by atoms with Gasteiger partial charge in [-0.2, -0.15) is 0 Å². The monoisotopic (exact) mass is 101 g/mol. The molecular formula is C4H7NO2. The summed E-state index contributed by atoms with van der Waals surface area (Å²) in [5, 5.41) is 12.3. The lowest BCUT2D eigenvalue weighted by atomic mass is 10.2. The number of oxime groups is 1. The van der Waals surface area contributed by atoms with Crippen molar-refractivity contribution in [2.45, 2.75) is 12.5 Å². The van der Waals surface area contributed by atoms with Crippen LogP contribution in [0.1, 0.15) is 6.92 Å². The summed E-state index contributed by atoms with van der Waals surface area (Å²) in [4.78, 5) is 4.48. The Kier molecular flexibility index (Phi) is 0.785. The molecule has 0 radical (unpaired) electrons. The Morgan fingerprint density at radius 1 is 2.00 bits per heavy atom. The summed E-state index contributed by atoms with van der Waals surface area (Å²) >= 11 is 0. The summed E-state index contributed by atoms with van der Waals surface area (Å²) in [6.45, 7) is 1.93. The molecule has 1 aliphatic rings. The SMILES string of the molecule is CC1(O)C=NOC1. The van der Waals surface area contributed by atoms with Crippen molar-refractivity contribution in [1.29, 1.82) is 0 Å². The number of aliphatic hydroxyl groups is 1. The fourth-order valence-corrected chi connectivity index (χ4v) is 0.356. The van der Waals surface area contributed by atoms with Gasteiger partial charge < -0.3 is 9.94 Å². The first-order chi connectivity index (χ1) is 3.21. The van der Waals surface area contributed by atoms with Crippen molar-refractivity contribution in [3.05, 3.63) is 0 Å². The van der Waals surface area contributed by atoms with E-state index in [9.17, 15) is 0 Å². The summed E-state index contributed by atoms with van der Waals surface area (Å²) < 4.78 is 0. The maximum atomic E-state index is 8.92. The van der Waals surface area contributed by atoms with Crippen LogP contribution in [0.2, 0.25) is 0 Å².